The quantitative estimate of drug-likeness (QED) is 0.571. The van der Waals surface area contributed by atoms with Crippen molar-refractivity contribution < 1.29 is 4.42 Å². The fourth-order valence-corrected chi connectivity index (χ4v) is 1.78. The van der Waals surface area contributed by atoms with E-state index in [9.17, 15) is 0 Å². The molecule has 0 bridgehead atoms. The van der Waals surface area contributed by atoms with Crippen molar-refractivity contribution in [3.63, 3.8) is 0 Å². The summed E-state index contributed by atoms with van der Waals surface area (Å²) in [4.78, 5) is 0. The summed E-state index contributed by atoms with van der Waals surface area (Å²) in [6, 6.07) is 6.26. The van der Waals surface area contributed by atoms with Gasteiger partial charge in [0.15, 0.2) is 0 Å². The third-order valence-corrected chi connectivity index (χ3v) is 2.38. The fraction of sp³-hybridized carbons (Fsp3) is 0.0909. The van der Waals surface area contributed by atoms with Crippen molar-refractivity contribution >= 4 is 17.0 Å². The highest BCUT2D eigenvalue weighted by molar-refractivity contribution is 5.85. The highest BCUT2D eigenvalue weighted by Crippen LogP contribution is 2.28. The number of hydrogen-bond donors (Lipinski definition) is 0. The van der Waals surface area contributed by atoms with Crippen LogP contribution in [0, 0.1) is 0 Å². The minimum absolute atomic E-state index is 1.01. The molecule has 0 spiro atoms. The lowest BCUT2D eigenvalue weighted by atomic mass is 10.1. The van der Waals surface area contributed by atoms with Gasteiger partial charge in [-0.3, -0.25) is 0 Å². The normalized spacial score (nSPS) is 14.0. The molecule has 0 N–H and O–H groups in total. The zero-order valence-corrected chi connectivity index (χ0v) is 6.58. The molecule has 1 heteroatoms. The summed E-state index contributed by atoms with van der Waals surface area (Å²) in [6.45, 7) is 0. The van der Waals surface area contributed by atoms with Crippen LogP contribution < -0.4 is 0 Å². The van der Waals surface area contributed by atoms with E-state index in [1.807, 2.05) is 6.07 Å². The molecule has 1 aromatic heterocycles. The van der Waals surface area contributed by atoms with Gasteiger partial charge in [0.1, 0.15) is 5.58 Å². The monoisotopic (exact) mass is 156 g/mol. The Balaban J connectivity index is 2.49. The maximum Gasteiger partial charge on any atom is 0.137 e. The predicted octanol–water partition coefficient (Wildman–Crippen LogP) is 3.00. The van der Waals surface area contributed by atoms with Gasteiger partial charge in [-0.15, -0.1) is 0 Å². The topological polar surface area (TPSA) is 13.1 Å². The molecule has 0 unspecified atom stereocenters. The lowest BCUT2D eigenvalue weighted by molar-refractivity contribution is 0.612. The van der Waals surface area contributed by atoms with Gasteiger partial charge in [0.25, 0.3) is 0 Å². The molecule has 1 aliphatic rings. The smallest absolute Gasteiger partial charge is 0.137 e. The summed E-state index contributed by atoms with van der Waals surface area (Å²) in [5, 5.41) is 1.21. The molecule has 0 atom stereocenters. The molecule has 0 fully saturated rings. The largest absolute Gasteiger partial charge is 0.464 e. The molecule has 2 aromatic rings. The highest BCUT2D eigenvalue weighted by Gasteiger charge is 2.10. The van der Waals surface area contributed by atoms with E-state index in [4.69, 9.17) is 4.42 Å². The Morgan fingerprint density at radius 3 is 3.17 bits per heavy atom. The van der Waals surface area contributed by atoms with E-state index in [1.165, 1.54) is 16.5 Å². The number of furan rings is 1. The van der Waals surface area contributed by atoms with E-state index in [0.717, 1.165) is 12.0 Å². The van der Waals surface area contributed by atoms with Crippen LogP contribution in [0.5, 0.6) is 0 Å². The fourth-order valence-electron chi connectivity index (χ4n) is 1.78. The minimum atomic E-state index is 1.01. The lowest BCUT2D eigenvalue weighted by Crippen LogP contribution is -1.80. The Hall–Kier alpha value is -1.50. The van der Waals surface area contributed by atoms with Gasteiger partial charge in [-0.1, -0.05) is 24.3 Å². The Kier molecular flexibility index (Phi) is 1.01. The zero-order valence-electron chi connectivity index (χ0n) is 6.58. The van der Waals surface area contributed by atoms with E-state index in [2.05, 4.69) is 24.3 Å². The molecule has 0 saturated carbocycles. The Morgan fingerprint density at radius 1 is 1.17 bits per heavy atom. The molecule has 1 nitrogen and oxygen atoms in total. The molecule has 12 heavy (non-hydrogen) atoms. The Morgan fingerprint density at radius 2 is 2.17 bits per heavy atom. The summed E-state index contributed by atoms with van der Waals surface area (Å²) < 4.78 is 5.42. The van der Waals surface area contributed by atoms with Crippen LogP contribution in [0.15, 0.2) is 35.0 Å². The summed E-state index contributed by atoms with van der Waals surface area (Å²) in [5.74, 6) is 0. The van der Waals surface area contributed by atoms with Gasteiger partial charge in [-0.05, 0) is 18.1 Å². The van der Waals surface area contributed by atoms with Gasteiger partial charge in [-0.25, -0.2) is 0 Å². The van der Waals surface area contributed by atoms with Crippen LogP contribution in [0.3, 0.4) is 0 Å². The van der Waals surface area contributed by atoms with Crippen LogP contribution in [-0.4, -0.2) is 0 Å². The molecule has 58 valence electrons. The Labute approximate surface area is 70.3 Å². The van der Waals surface area contributed by atoms with E-state index < -0.39 is 0 Å². The van der Waals surface area contributed by atoms with Gasteiger partial charge in [0, 0.05) is 10.9 Å². The van der Waals surface area contributed by atoms with E-state index >= 15 is 0 Å². The van der Waals surface area contributed by atoms with Crippen LogP contribution in [-0.2, 0) is 6.42 Å². The lowest BCUT2D eigenvalue weighted by Gasteiger charge is -1.97. The first-order chi connectivity index (χ1) is 5.95. The van der Waals surface area contributed by atoms with Crippen LogP contribution in [0.4, 0.5) is 0 Å². The highest BCUT2D eigenvalue weighted by atomic mass is 16.3. The zero-order chi connectivity index (χ0) is 7.97. The number of hydrogen-bond acceptors (Lipinski definition) is 1. The number of benzene rings is 1. The average molecular weight is 156 g/mol. The second kappa shape index (κ2) is 2.01. The first kappa shape index (κ1) is 6.06. The third kappa shape index (κ3) is 0.632. The molecule has 3 rings (SSSR count). The average Bonchev–Trinajstić information content (AvgIpc) is 2.71. The number of allylic oxidation sites excluding steroid dienone is 1. The summed E-state index contributed by atoms with van der Waals surface area (Å²) in [6.07, 6.45) is 7.09. The van der Waals surface area contributed by atoms with Crippen molar-refractivity contribution in [1.82, 2.24) is 0 Å². The van der Waals surface area contributed by atoms with Crippen LogP contribution >= 0.6 is 0 Å². The van der Waals surface area contributed by atoms with Crippen LogP contribution in [0.2, 0.25) is 0 Å². The van der Waals surface area contributed by atoms with Crippen molar-refractivity contribution in [3.05, 3.63) is 41.7 Å². The first-order valence-electron chi connectivity index (χ1n) is 4.11. The van der Waals surface area contributed by atoms with Crippen molar-refractivity contribution in [2.24, 2.45) is 0 Å². The van der Waals surface area contributed by atoms with Crippen molar-refractivity contribution in [2.45, 2.75) is 6.42 Å². The summed E-state index contributed by atoms with van der Waals surface area (Å²) >= 11 is 0. The summed E-state index contributed by atoms with van der Waals surface area (Å²) in [5.41, 5.74) is 3.69. The Bertz CT molecular complexity index is 463. The van der Waals surface area contributed by atoms with Crippen LogP contribution in [0.1, 0.15) is 11.1 Å². The maximum absolute atomic E-state index is 5.42. The number of fused-ring (bicyclic) bond motifs is 3. The second-order valence-electron chi connectivity index (χ2n) is 3.08. The third-order valence-electron chi connectivity index (χ3n) is 2.38. The summed E-state index contributed by atoms with van der Waals surface area (Å²) in [7, 11) is 0. The van der Waals surface area contributed by atoms with Gasteiger partial charge in [0.2, 0.25) is 0 Å². The molecular weight excluding hydrogens is 148 g/mol. The van der Waals surface area contributed by atoms with E-state index in [1.54, 1.807) is 6.26 Å². The standard InChI is InChI=1S/C11H8O/c1-2-8-4-5-9-6-7-12-11(9)10(8)3-1/h1-2,4-7H,3H2. The number of rotatable bonds is 0. The van der Waals surface area contributed by atoms with E-state index in [-0.39, 0.29) is 0 Å². The van der Waals surface area contributed by atoms with Gasteiger partial charge >= 0.3 is 0 Å². The molecule has 0 radical (unpaired) electrons. The molecule has 0 amide bonds. The second-order valence-corrected chi connectivity index (χ2v) is 3.08. The van der Waals surface area contributed by atoms with E-state index in [0.29, 0.717) is 0 Å². The van der Waals surface area contributed by atoms with Gasteiger partial charge < -0.3 is 4.42 Å². The molecular formula is C11H8O. The maximum atomic E-state index is 5.42. The van der Waals surface area contributed by atoms with Crippen molar-refractivity contribution in [1.29, 1.82) is 0 Å². The predicted molar refractivity (Wildman–Crippen MR) is 49.0 cm³/mol. The minimum Gasteiger partial charge on any atom is -0.464 e. The van der Waals surface area contributed by atoms with Crippen LogP contribution in [0.25, 0.3) is 17.0 Å². The van der Waals surface area contributed by atoms with Crippen molar-refractivity contribution in [2.75, 3.05) is 0 Å². The molecule has 0 aliphatic heterocycles. The van der Waals surface area contributed by atoms with Gasteiger partial charge in [0.05, 0.1) is 6.26 Å². The molecule has 1 heterocycles. The van der Waals surface area contributed by atoms with Gasteiger partial charge in [-0.2, -0.15) is 0 Å². The molecule has 1 aromatic carbocycles. The first-order valence-corrected chi connectivity index (χ1v) is 4.11. The van der Waals surface area contributed by atoms with Crippen molar-refractivity contribution in [3.8, 4) is 0 Å². The SMILES string of the molecule is C1=Cc2ccc3ccoc3c2C1. The molecule has 0 saturated heterocycles. The molecule has 1 aliphatic carbocycles.